The predicted octanol–water partition coefficient (Wildman–Crippen LogP) is 3.66. The lowest BCUT2D eigenvalue weighted by Gasteiger charge is -2.12. The molecule has 0 bridgehead atoms. The Hall–Kier alpha value is -3.80. The summed E-state index contributed by atoms with van der Waals surface area (Å²) in [6.07, 6.45) is 0.117. The number of benzene rings is 3. The average molecular weight is 404 g/mol. The van der Waals surface area contributed by atoms with Crippen LogP contribution >= 0.6 is 0 Å². The number of carbonyl (C=O) groups is 2. The van der Waals surface area contributed by atoms with Gasteiger partial charge in [0.25, 0.3) is 5.91 Å². The van der Waals surface area contributed by atoms with Gasteiger partial charge >= 0.3 is 0 Å². The van der Waals surface area contributed by atoms with Crippen LogP contribution < -0.4 is 20.3 Å². The molecule has 0 aliphatic heterocycles. The van der Waals surface area contributed by atoms with E-state index in [2.05, 4.69) is 10.9 Å². The molecule has 2 amide bonds. The molecule has 0 aliphatic carbocycles. The minimum Gasteiger partial charge on any atom is -0.493 e. The van der Waals surface area contributed by atoms with Crippen molar-refractivity contribution in [3.8, 4) is 22.6 Å². The molecular weight excluding hydrogens is 380 g/mol. The van der Waals surface area contributed by atoms with Crippen LogP contribution in [-0.4, -0.2) is 25.0 Å². The van der Waals surface area contributed by atoms with Crippen LogP contribution in [0.25, 0.3) is 11.1 Å². The first kappa shape index (κ1) is 20.9. The van der Waals surface area contributed by atoms with Crippen molar-refractivity contribution >= 4 is 11.8 Å². The number of hydrogen-bond acceptors (Lipinski definition) is 4. The summed E-state index contributed by atoms with van der Waals surface area (Å²) >= 11 is 0. The summed E-state index contributed by atoms with van der Waals surface area (Å²) in [5, 5.41) is 0. The fraction of sp³-hybridized carbons (Fsp3) is 0.167. The second-order valence-electron chi connectivity index (χ2n) is 6.66. The lowest BCUT2D eigenvalue weighted by atomic mass is 10.1. The summed E-state index contributed by atoms with van der Waals surface area (Å²) in [5.74, 6) is 0.501. The molecule has 0 saturated heterocycles. The second kappa shape index (κ2) is 10.7. The molecule has 3 aromatic carbocycles. The van der Waals surface area contributed by atoms with Gasteiger partial charge in [0.05, 0.1) is 13.0 Å². The molecule has 0 atom stereocenters. The van der Waals surface area contributed by atoms with E-state index in [0.717, 1.165) is 16.7 Å². The van der Waals surface area contributed by atoms with Crippen LogP contribution in [0.4, 0.5) is 0 Å². The van der Waals surface area contributed by atoms with Gasteiger partial charge in [-0.15, -0.1) is 0 Å². The quantitative estimate of drug-likeness (QED) is 0.562. The maximum atomic E-state index is 12.0. The van der Waals surface area contributed by atoms with Crippen molar-refractivity contribution in [2.24, 2.45) is 0 Å². The molecule has 0 saturated carbocycles. The lowest BCUT2D eigenvalue weighted by Crippen LogP contribution is -2.44. The average Bonchev–Trinajstić information content (AvgIpc) is 2.77. The maximum absolute atomic E-state index is 12.0. The highest BCUT2D eigenvalue weighted by atomic mass is 16.5. The summed E-state index contributed by atoms with van der Waals surface area (Å²) in [4.78, 5) is 23.9. The van der Waals surface area contributed by atoms with E-state index in [1.165, 1.54) is 0 Å². The Morgan fingerprint density at radius 3 is 2.33 bits per heavy atom. The zero-order valence-corrected chi connectivity index (χ0v) is 16.8. The van der Waals surface area contributed by atoms with Crippen molar-refractivity contribution in [3.63, 3.8) is 0 Å². The van der Waals surface area contributed by atoms with Crippen LogP contribution in [0.15, 0.2) is 78.9 Å². The van der Waals surface area contributed by atoms with Crippen LogP contribution in [-0.2, 0) is 9.59 Å². The first-order chi connectivity index (χ1) is 14.6. The van der Waals surface area contributed by atoms with Gasteiger partial charge in [-0.05, 0) is 36.2 Å². The molecule has 0 aliphatic rings. The maximum Gasteiger partial charge on any atom is 0.276 e. The number of hydrazine groups is 1. The second-order valence-corrected chi connectivity index (χ2v) is 6.66. The Bertz CT molecular complexity index is 989. The molecule has 0 spiro atoms. The van der Waals surface area contributed by atoms with Crippen molar-refractivity contribution in [1.82, 2.24) is 10.9 Å². The molecule has 0 fully saturated rings. The van der Waals surface area contributed by atoms with Crippen LogP contribution in [0.1, 0.15) is 12.0 Å². The van der Waals surface area contributed by atoms with Crippen molar-refractivity contribution in [2.75, 3.05) is 13.2 Å². The minimum absolute atomic E-state index is 0.117. The van der Waals surface area contributed by atoms with E-state index in [0.29, 0.717) is 11.5 Å². The Morgan fingerprint density at radius 2 is 1.53 bits per heavy atom. The van der Waals surface area contributed by atoms with E-state index in [1.807, 2.05) is 79.7 Å². The van der Waals surface area contributed by atoms with Gasteiger partial charge in [0, 0.05) is 5.56 Å². The number of hydrogen-bond donors (Lipinski definition) is 2. The molecule has 0 unspecified atom stereocenters. The van der Waals surface area contributed by atoms with Gasteiger partial charge < -0.3 is 9.47 Å². The lowest BCUT2D eigenvalue weighted by molar-refractivity contribution is -0.130. The number of carbonyl (C=O) groups excluding carboxylic acids is 2. The fourth-order valence-electron chi connectivity index (χ4n) is 2.80. The van der Waals surface area contributed by atoms with Crippen molar-refractivity contribution < 1.29 is 19.1 Å². The van der Waals surface area contributed by atoms with Crippen molar-refractivity contribution in [3.05, 3.63) is 84.4 Å². The first-order valence-corrected chi connectivity index (χ1v) is 9.66. The van der Waals surface area contributed by atoms with Gasteiger partial charge in [0.15, 0.2) is 6.61 Å². The van der Waals surface area contributed by atoms with E-state index in [4.69, 9.17) is 9.47 Å². The third-order valence-corrected chi connectivity index (χ3v) is 4.26. The summed E-state index contributed by atoms with van der Waals surface area (Å²) in [6.45, 7) is 1.96. The third-order valence-electron chi connectivity index (χ3n) is 4.26. The number of ether oxygens (including phenoxy) is 2. The zero-order chi connectivity index (χ0) is 21.2. The number of para-hydroxylation sites is 1. The van der Waals surface area contributed by atoms with Crippen LogP contribution in [0.2, 0.25) is 0 Å². The molecule has 3 rings (SSSR count). The van der Waals surface area contributed by atoms with Crippen LogP contribution in [0, 0.1) is 6.92 Å². The molecule has 0 aromatic heterocycles. The van der Waals surface area contributed by atoms with E-state index in [9.17, 15) is 9.59 Å². The van der Waals surface area contributed by atoms with Crippen molar-refractivity contribution in [1.29, 1.82) is 0 Å². The van der Waals surface area contributed by atoms with E-state index >= 15 is 0 Å². The SMILES string of the molecule is Cc1cccc(OCCC(=O)NNC(=O)COc2ccccc2-c2ccccc2)c1. The Labute approximate surface area is 175 Å². The molecule has 6 heteroatoms. The molecular formula is C24H24N2O4. The highest BCUT2D eigenvalue weighted by Gasteiger charge is 2.09. The Balaban J connectivity index is 1.41. The molecule has 154 valence electrons. The predicted molar refractivity (Wildman–Crippen MR) is 115 cm³/mol. The third kappa shape index (κ3) is 6.38. The normalized spacial score (nSPS) is 10.2. The van der Waals surface area contributed by atoms with Crippen LogP contribution in [0.3, 0.4) is 0 Å². The summed E-state index contributed by atoms with van der Waals surface area (Å²) < 4.78 is 11.2. The highest BCUT2D eigenvalue weighted by molar-refractivity contribution is 5.83. The van der Waals surface area contributed by atoms with Crippen LogP contribution in [0.5, 0.6) is 11.5 Å². The zero-order valence-electron chi connectivity index (χ0n) is 16.8. The molecule has 30 heavy (non-hydrogen) atoms. The van der Waals surface area contributed by atoms with E-state index in [-0.39, 0.29) is 25.5 Å². The topological polar surface area (TPSA) is 76.7 Å². The summed E-state index contributed by atoms with van der Waals surface area (Å²) in [6, 6.07) is 24.8. The number of nitrogens with one attached hydrogen (secondary N) is 2. The number of amides is 2. The molecule has 0 radical (unpaired) electrons. The molecule has 6 nitrogen and oxygen atoms in total. The number of rotatable bonds is 8. The molecule has 3 aromatic rings. The largest absolute Gasteiger partial charge is 0.493 e. The van der Waals surface area contributed by atoms with Gasteiger partial charge in [0.1, 0.15) is 11.5 Å². The smallest absolute Gasteiger partial charge is 0.276 e. The molecule has 0 heterocycles. The number of aryl methyl sites for hydroxylation is 1. The first-order valence-electron chi connectivity index (χ1n) is 9.66. The van der Waals surface area contributed by atoms with Crippen molar-refractivity contribution in [2.45, 2.75) is 13.3 Å². The standard InChI is InChI=1S/C24H24N2O4/c1-18-8-7-11-20(16-18)29-15-14-23(27)25-26-24(28)17-30-22-13-6-5-12-21(22)19-9-3-2-4-10-19/h2-13,16H,14-15,17H2,1H3,(H,25,27)(H,26,28). The Morgan fingerprint density at radius 1 is 0.800 bits per heavy atom. The minimum atomic E-state index is -0.453. The van der Waals surface area contributed by atoms with Gasteiger partial charge in [-0.3, -0.25) is 20.4 Å². The summed E-state index contributed by atoms with van der Waals surface area (Å²) in [5.41, 5.74) is 7.68. The van der Waals surface area contributed by atoms with E-state index < -0.39 is 5.91 Å². The van der Waals surface area contributed by atoms with Gasteiger partial charge in [-0.2, -0.15) is 0 Å². The fourth-order valence-corrected chi connectivity index (χ4v) is 2.80. The van der Waals surface area contributed by atoms with Gasteiger partial charge in [-0.1, -0.05) is 60.7 Å². The van der Waals surface area contributed by atoms with Gasteiger partial charge in [0.2, 0.25) is 5.91 Å². The highest BCUT2D eigenvalue weighted by Crippen LogP contribution is 2.29. The monoisotopic (exact) mass is 404 g/mol. The van der Waals surface area contributed by atoms with Gasteiger partial charge in [-0.25, -0.2) is 0 Å². The Kier molecular flexibility index (Phi) is 7.44. The van der Waals surface area contributed by atoms with E-state index in [1.54, 1.807) is 6.07 Å². The summed E-state index contributed by atoms with van der Waals surface area (Å²) in [7, 11) is 0. The molecule has 2 N–H and O–H groups in total.